The van der Waals surface area contributed by atoms with Gasteiger partial charge in [0.25, 0.3) is 5.91 Å². The molecule has 2 aromatic carbocycles. The maximum atomic E-state index is 12.8. The summed E-state index contributed by atoms with van der Waals surface area (Å²) in [4.78, 5) is 19.2. The highest BCUT2D eigenvalue weighted by molar-refractivity contribution is 5.94. The Hall–Kier alpha value is -3.14. The molecule has 1 aliphatic heterocycles. The van der Waals surface area contributed by atoms with Crippen molar-refractivity contribution in [2.24, 2.45) is 0 Å². The Morgan fingerprint density at radius 2 is 1.74 bits per heavy atom. The predicted molar refractivity (Wildman–Crippen MR) is 104 cm³/mol. The third-order valence-electron chi connectivity index (χ3n) is 4.91. The van der Waals surface area contributed by atoms with E-state index in [9.17, 15) is 4.79 Å². The van der Waals surface area contributed by atoms with Gasteiger partial charge in [0.05, 0.1) is 6.04 Å². The normalized spacial score (nSPS) is 16.3. The largest absolute Gasteiger partial charge is 0.473 e. The summed E-state index contributed by atoms with van der Waals surface area (Å²) < 4.78 is 5.76. The Bertz CT molecular complexity index is 879. The van der Waals surface area contributed by atoms with Crippen LogP contribution in [0.25, 0.3) is 0 Å². The Balaban J connectivity index is 1.44. The van der Waals surface area contributed by atoms with Crippen LogP contribution in [0, 0.1) is 0 Å². The lowest BCUT2D eigenvalue weighted by atomic mass is 10.1. The molecule has 1 atom stereocenters. The van der Waals surface area contributed by atoms with Gasteiger partial charge in [-0.15, -0.1) is 0 Å². The highest BCUT2D eigenvalue weighted by Crippen LogP contribution is 2.33. The zero-order chi connectivity index (χ0) is 18.5. The first-order chi connectivity index (χ1) is 13.3. The zero-order valence-electron chi connectivity index (χ0n) is 15.1. The average molecular weight is 358 g/mol. The van der Waals surface area contributed by atoms with E-state index in [0.717, 1.165) is 36.1 Å². The van der Waals surface area contributed by atoms with Crippen LogP contribution in [-0.2, 0) is 6.61 Å². The summed E-state index contributed by atoms with van der Waals surface area (Å²) in [5, 5.41) is 0. The van der Waals surface area contributed by atoms with E-state index in [1.54, 1.807) is 0 Å². The van der Waals surface area contributed by atoms with Gasteiger partial charge in [0, 0.05) is 24.4 Å². The fourth-order valence-electron chi connectivity index (χ4n) is 3.51. The minimum atomic E-state index is 0.0772. The van der Waals surface area contributed by atoms with Crippen molar-refractivity contribution in [1.82, 2.24) is 9.88 Å². The molecule has 1 amide bonds. The molecule has 1 saturated heterocycles. The van der Waals surface area contributed by atoms with E-state index in [1.807, 2.05) is 83.9 Å². The van der Waals surface area contributed by atoms with E-state index in [4.69, 9.17) is 4.74 Å². The van der Waals surface area contributed by atoms with Crippen LogP contribution in [-0.4, -0.2) is 22.3 Å². The molecule has 27 heavy (non-hydrogen) atoms. The molecular weight excluding hydrogens is 336 g/mol. The van der Waals surface area contributed by atoms with Crippen molar-refractivity contribution in [2.75, 3.05) is 6.54 Å². The van der Waals surface area contributed by atoms with Crippen molar-refractivity contribution in [1.29, 1.82) is 0 Å². The van der Waals surface area contributed by atoms with Crippen LogP contribution < -0.4 is 4.74 Å². The maximum Gasteiger partial charge on any atom is 0.254 e. The Labute approximate surface area is 159 Å². The molecule has 1 aliphatic rings. The molecule has 0 radical (unpaired) electrons. The van der Waals surface area contributed by atoms with Crippen LogP contribution in [0.15, 0.2) is 79.0 Å². The Morgan fingerprint density at radius 1 is 1.00 bits per heavy atom. The fraction of sp³-hybridized carbons (Fsp3) is 0.217. The summed E-state index contributed by atoms with van der Waals surface area (Å²) in [7, 11) is 0. The lowest BCUT2D eigenvalue weighted by Gasteiger charge is -2.25. The summed E-state index contributed by atoms with van der Waals surface area (Å²) in [6, 6.07) is 23.5. The average Bonchev–Trinajstić information content (AvgIpc) is 3.23. The van der Waals surface area contributed by atoms with E-state index in [0.29, 0.717) is 12.5 Å². The lowest BCUT2D eigenvalue weighted by Crippen LogP contribution is -2.30. The van der Waals surface area contributed by atoms with E-state index in [2.05, 4.69) is 4.98 Å². The number of ether oxygens (including phenoxy) is 1. The van der Waals surface area contributed by atoms with Gasteiger partial charge in [-0.3, -0.25) is 4.79 Å². The quantitative estimate of drug-likeness (QED) is 0.667. The number of hydrogen-bond acceptors (Lipinski definition) is 3. The molecule has 136 valence electrons. The van der Waals surface area contributed by atoms with Crippen LogP contribution in [0.2, 0.25) is 0 Å². The SMILES string of the molecule is O=C(c1ccccc1)N1CCC[C@H]1c1ccc(OCc2ccccc2)nc1. The van der Waals surface area contributed by atoms with Crippen molar-refractivity contribution >= 4 is 5.91 Å². The molecule has 1 fully saturated rings. The van der Waals surface area contributed by atoms with Crippen LogP contribution in [0.5, 0.6) is 5.88 Å². The molecule has 2 heterocycles. The molecule has 0 bridgehead atoms. The Kier molecular flexibility index (Phi) is 5.15. The van der Waals surface area contributed by atoms with Crippen molar-refractivity contribution in [3.8, 4) is 5.88 Å². The molecule has 0 saturated carbocycles. The number of pyridine rings is 1. The fourth-order valence-corrected chi connectivity index (χ4v) is 3.51. The lowest BCUT2D eigenvalue weighted by molar-refractivity contribution is 0.0735. The van der Waals surface area contributed by atoms with E-state index in [-0.39, 0.29) is 11.9 Å². The number of aromatic nitrogens is 1. The van der Waals surface area contributed by atoms with Gasteiger partial charge < -0.3 is 9.64 Å². The second-order valence-corrected chi connectivity index (χ2v) is 6.73. The van der Waals surface area contributed by atoms with E-state index < -0.39 is 0 Å². The second-order valence-electron chi connectivity index (χ2n) is 6.73. The number of hydrogen-bond donors (Lipinski definition) is 0. The highest BCUT2D eigenvalue weighted by atomic mass is 16.5. The van der Waals surface area contributed by atoms with Crippen molar-refractivity contribution in [3.05, 3.63) is 95.7 Å². The molecule has 0 aliphatic carbocycles. The highest BCUT2D eigenvalue weighted by Gasteiger charge is 2.30. The third kappa shape index (κ3) is 4.00. The first-order valence-corrected chi connectivity index (χ1v) is 9.30. The molecule has 1 aromatic heterocycles. The van der Waals surface area contributed by atoms with Crippen LogP contribution in [0.3, 0.4) is 0 Å². The first kappa shape index (κ1) is 17.3. The molecule has 0 unspecified atom stereocenters. The number of carbonyl (C=O) groups is 1. The van der Waals surface area contributed by atoms with Crippen LogP contribution >= 0.6 is 0 Å². The van der Waals surface area contributed by atoms with Gasteiger partial charge in [0.15, 0.2) is 0 Å². The topological polar surface area (TPSA) is 42.4 Å². The monoisotopic (exact) mass is 358 g/mol. The first-order valence-electron chi connectivity index (χ1n) is 9.30. The molecule has 0 N–H and O–H groups in total. The van der Waals surface area contributed by atoms with Gasteiger partial charge in [0.2, 0.25) is 5.88 Å². The van der Waals surface area contributed by atoms with Crippen molar-refractivity contribution < 1.29 is 9.53 Å². The third-order valence-corrected chi connectivity index (χ3v) is 4.91. The summed E-state index contributed by atoms with van der Waals surface area (Å²) >= 11 is 0. The minimum absolute atomic E-state index is 0.0772. The molecule has 0 spiro atoms. The van der Waals surface area contributed by atoms with Gasteiger partial charge in [-0.25, -0.2) is 4.98 Å². The smallest absolute Gasteiger partial charge is 0.254 e. The second kappa shape index (κ2) is 8.04. The molecule has 4 nitrogen and oxygen atoms in total. The standard InChI is InChI=1S/C23H22N2O2/c26-23(19-10-5-2-6-11-19)25-15-7-12-21(25)20-13-14-22(24-16-20)27-17-18-8-3-1-4-9-18/h1-6,8-11,13-14,16,21H,7,12,15,17H2/t21-/m0/s1. The van der Waals surface area contributed by atoms with Gasteiger partial charge in [0.1, 0.15) is 6.61 Å². The molecule has 3 aromatic rings. The summed E-state index contributed by atoms with van der Waals surface area (Å²) in [6.45, 7) is 1.28. The number of amides is 1. The summed E-state index contributed by atoms with van der Waals surface area (Å²) in [5.74, 6) is 0.684. The Morgan fingerprint density at radius 3 is 2.44 bits per heavy atom. The number of benzene rings is 2. The summed E-state index contributed by atoms with van der Waals surface area (Å²) in [5.41, 5.74) is 2.91. The van der Waals surface area contributed by atoms with Crippen molar-refractivity contribution in [3.63, 3.8) is 0 Å². The van der Waals surface area contributed by atoms with Crippen LogP contribution in [0.4, 0.5) is 0 Å². The molecular formula is C23H22N2O2. The summed E-state index contributed by atoms with van der Waals surface area (Å²) in [6.07, 6.45) is 3.81. The minimum Gasteiger partial charge on any atom is -0.473 e. The van der Waals surface area contributed by atoms with E-state index >= 15 is 0 Å². The molecule has 4 rings (SSSR count). The van der Waals surface area contributed by atoms with Gasteiger partial charge in [-0.05, 0) is 36.1 Å². The van der Waals surface area contributed by atoms with Crippen molar-refractivity contribution in [2.45, 2.75) is 25.5 Å². The number of nitrogens with zero attached hydrogens (tertiary/aromatic N) is 2. The maximum absolute atomic E-state index is 12.8. The number of likely N-dealkylation sites (tertiary alicyclic amines) is 1. The number of rotatable bonds is 5. The van der Waals surface area contributed by atoms with Gasteiger partial charge in [-0.1, -0.05) is 54.6 Å². The predicted octanol–water partition coefficient (Wildman–Crippen LogP) is 4.64. The number of carbonyl (C=O) groups excluding carboxylic acids is 1. The van der Waals surface area contributed by atoms with E-state index in [1.165, 1.54) is 0 Å². The van der Waals surface area contributed by atoms with Gasteiger partial charge in [-0.2, -0.15) is 0 Å². The van der Waals surface area contributed by atoms with Gasteiger partial charge >= 0.3 is 0 Å². The molecule has 4 heteroatoms. The zero-order valence-corrected chi connectivity index (χ0v) is 15.1. The van der Waals surface area contributed by atoms with Crippen LogP contribution in [0.1, 0.15) is 40.4 Å².